The van der Waals surface area contributed by atoms with Crippen LogP contribution in [-0.4, -0.2) is 28.5 Å². The summed E-state index contributed by atoms with van der Waals surface area (Å²) >= 11 is 3.73. The predicted molar refractivity (Wildman–Crippen MR) is 74.1 cm³/mol. The largest absolute Gasteiger partial charge is 0.471 e. The molecule has 0 radical (unpaired) electrons. The number of phosphoric acid groups is 1. The van der Waals surface area contributed by atoms with Gasteiger partial charge in [0.2, 0.25) is 0 Å². The van der Waals surface area contributed by atoms with Gasteiger partial charge in [0.05, 0.1) is 11.3 Å². The van der Waals surface area contributed by atoms with E-state index < -0.39 is 43.5 Å². The highest BCUT2D eigenvalue weighted by Gasteiger charge is 2.36. The predicted octanol–water partition coefficient (Wildman–Crippen LogP) is 3.21. The SMILES string of the molecule is CN(COP(=O)(O)O)/C(=C\S)c1ccc(C(F)(F)F)c(F)c1F. The Labute approximate surface area is 133 Å². The molecule has 0 unspecified atom stereocenters. The maximum absolute atomic E-state index is 13.9. The molecule has 0 aliphatic carbocycles. The van der Waals surface area contributed by atoms with E-state index in [1.807, 2.05) is 0 Å². The zero-order chi connectivity index (χ0) is 18.0. The molecule has 0 heterocycles. The second kappa shape index (κ2) is 7.18. The van der Waals surface area contributed by atoms with Gasteiger partial charge in [-0.15, -0.1) is 12.6 Å². The minimum atomic E-state index is -5.07. The van der Waals surface area contributed by atoms with E-state index in [9.17, 15) is 26.5 Å². The molecule has 1 rings (SSSR count). The third-order valence-electron chi connectivity index (χ3n) is 2.62. The Hall–Kier alpha value is -1.13. The van der Waals surface area contributed by atoms with E-state index in [0.29, 0.717) is 12.1 Å². The lowest BCUT2D eigenvalue weighted by molar-refractivity contribution is -0.140. The van der Waals surface area contributed by atoms with Crippen LogP contribution < -0.4 is 0 Å². The number of thiol groups is 1. The summed E-state index contributed by atoms with van der Waals surface area (Å²) in [5, 5.41) is 0.925. The molecule has 1 aromatic rings. The maximum Gasteiger partial charge on any atom is 0.471 e. The van der Waals surface area contributed by atoms with Gasteiger partial charge >= 0.3 is 14.0 Å². The quantitative estimate of drug-likeness (QED) is 0.317. The summed E-state index contributed by atoms with van der Waals surface area (Å²) < 4.78 is 79.7. The highest BCUT2D eigenvalue weighted by atomic mass is 32.1. The molecule has 5 nitrogen and oxygen atoms in total. The minimum absolute atomic E-state index is 0.244. The van der Waals surface area contributed by atoms with E-state index in [1.165, 1.54) is 7.05 Å². The average Bonchev–Trinajstić information content (AvgIpc) is 2.39. The molecule has 0 aromatic heterocycles. The number of rotatable bonds is 5. The zero-order valence-electron chi connectivity index (χ0n) is 11.4. The number of alkyl halides is 3. The van der Waals surface area contributed by atoms with Gasteiger partial charge in [0.25, 0.3) is 0 Å². The summed E-state index contributed by atoms with van der Waals surface area (Å²) in [5.41, 5.74) is -2.60. The standard InChI is InChI=1S/C11H11F5NO4PS/c1-17(5-21-22(18,19)20)8(4-23)6-2-3-7(11(14,15)16)10(13)9(6)12/h2-4,23H,5H2,1H3,(H2,18,19,20)/b8-4-. The summed E-state index contributed by atoms with van der Waals surface area (Å²) in [5.74, 6) is -3.87. The topological polar surface area (TPSA) is 70.0 Å². The van der Waals surface area contributed by atoms with Crippen LogP contribution in [0.5, 0.6) is 0 Å². The first-order chi connectivity index (χ1) is 10.4. The Bertz CT molecular complexity index is 661. The monoisotopic (exact) mass is 379 g/mol. The molecule has 0 aliphatic rings. The van der Waals surface area contributed by atoms with Gasteiger partial charge in [0.1, 0.15) is 6.73 Å². The summed E-state index contributed by atoms with van der Waals surface area (Å²) in [6, 6.07) is 1.03. The second-order valence-electron chi connectivity index (χ2n) is 4.25. The van der Waals surface area contributed by atoms with Crippen LogP contribution in [-0.2, 0) is 15.3 Å². The molecular formula is C11H11F5NO4PS. The van der Waals surface area contributed by atoms with Crippen LogP contribution in [0.15, 0.2) is 17.5 Å². The van der Waals surface area contributed by atoms with Crippen LogP contribution >= 0.6 is 20.5 Å². The number of nitrogens with zero attached hydrogens (tertiary/aromatic N) is 1. The molecule has 2 N–H and O–H groups in total. The number of halogens is 5. The Kier molecular flexibility index (Phi) is 6.22. The summed E-state index contributed by atoms with van der Waals surface area (Å²) in [4.78, 5) is 18.1. The van der Waals surface area contributed by atoms with Crippen molar-refractivity contribution in [1.82, 2.24) is 4.90 Å². The first kappa shape index (κ1) is 19.9. The molecular weight excluding hydrogens is 368 g/mol. The highest BCUT2D eigenvalue weighted by molar-refractivity contribution is 7.83. The number of phosphoric ester groups is 1. The molecule has 130 valence electrons. The third kappa shape index (κ3) is 5.18. The second-order valence-corrected chi connectivity index (χ2v) is 5.75. The van der Waals surface area contributed by atoms with Crippen molar-refractivity contribution in [2.24, 2.45) is 0 Å². The van der Waals surface area contributed by atoms with Gasteiger partial charge in [0, 0.05) is 12.6 Å². The van der Waals surface area contributed by atoms with Gasteiger partial charge < -0.3 is 14.7 Å². The van der Waals surface area contributed by atoms with Gasteiger partial charge in [-0.2, -0.15) is 13.2 Å². The fourth-order valence-electron chi connectivity index (χ4n) is 1.57. The highest BCUT2D eigenvalue weighted by Crippen LogP contribution is 2.37. The first-order valence-corrected chi connectivity index (χ1v) is 7.74. The van der Waals surface area contributed by atoms with Crippen LogP contribution in [0.1, 0.15) is 11.1 Å². The molecule has 0 aliphatic heterocycles. The number of benzene rings is 1. The van der Waals surface area contributed by atoms with Crippen LogP contribution in [0.4, 0.5) is 22.0 Å². The van der Waals surface area contributed by atoms with Crippen molar-refractivity contribution >= 4 is 26.1 Å². The van der Waals surface area contributed by atoms with E-state index in [-0.39, 0.29) is 5.70 Å². The fraction of sp³-hybridized carbons (Fsp3) is 0.273. The van der Waals surface area contributed by atoms with Crippen molar-refractivity contribution in [2.45, 2.75) is 6.18 Å². The van der Waals surface area contributed by atoms with Crippen molar-refractivity contribution in [3.05, 3.63) is 40.3 Å². The van der Waals surface area contributed by atoms with Gasteiger partial charge in [-0.25, -0.2) is 13.3 Å². The van der Waals surface area contributed by atoms with Crippen LogP contribution in [0, 0.1) is 11.6 Å². The Balaban J connectivity index is 3.18. The van der Waals surface area contributed by atoms with Crippen molar-refractivity contribution < 1.29 is 40.8 Å². The molecule has 0 amide bonds. The molecule has 0 fully saturated rings. The molecule has 0 atom stereocenters. The lowest BCUT2D eigenvalue weighted by Gasteiger charge is -2.23. The van der Waals surface area contributed by atoms with E-state index in [4.69, 9.17) is 9.79 Å². The van der Waals surface area contributed by atoms with Crippen LogP contribution in [0.25, 0.3) is 5.70 Å². The average molecular weight is 379 g/mol. The Morgan fingerprint density at radius 1 is 1.35 bits per heavy atom. The lowest BCUT2D eigenvalue weighted by atomic mass is 10.1. The number of hydrogen-bond acceptors (Lipinski definition) is 4. The minimum Gasteiger partial charge on any atom is -0.350 e. The van der Waals surface area contributed by atoms with Gasteiger partial charge in [-0.1, -0.05) is 0 Å². The van der Waals surface area contributed by atoms with E-state index >= 15 is 0 Å². The zero-order valence-corrected chi connectivity index (χ0v) is 13.2. The fourth-order valence-corrected chi connectivity index (χ4v) is 2.23. The molecule has 12 heteroatoms. The van der Waals surface area contributed by atoms with Crippen LogP contribution in [0.3, 0.4) is 0 Å². The van der Waals surface area contributed by atoms with Crippen LogP contribution in [0.2, 0.25) is 0 Å². The molecule has 0 spiro atoms. The molecule has 23 heavy (non-hydrogen) atoms. The molecule has 1 aromatic carbocycles. The normalized spacial score (nSPS) is 13.3. The van der Waals surface area contributed by atoms with E-state index in [0.717, 1.165) is 10.3 Å². The number of hydrogen-bond donors (Lipinski definition) is 3. The molecule has 0 saturated carbocycles. The first-order valence-electron chi connectivity index (χ1n) is 5.69. The van der Waals surface area contributed by atoms with Crippen molar-refractivity contribution in [3.63, 3.8) is 0 Å². The summed E-state index contributed by atoms with van der Waals surface area (Å²) in [7, 11) is -3.64. The van der Waals surface area contributed by atoms with E-state index in [1.54, 1.807) is 0 Å². The Morgan fingerprint density at radius 3 is 2.35 bits per heavy atom. The Morgan fingerprint density at radius 2 is 1.91 bits per heavy atom. The lowest BCUT2D eigenvalue weighted by Crippen LogP contribution is -2.21. The van der Waals surface area contributed by atoms with Gasteiger partial charge in [-0.05, 0) is 17.5 Å². The summed E-state index contributed by atoms with van der Waals surface area (Å²) in [6.45, 7) is -0.737. The van der Waals surface area contributed by atoms with Crippen molar-refractivity contribution in [2.75, 3.05) is 13.8 Å². The van der Waals surface area contributed by atoms with Gasteiger partial charge in [-0.3, -0.25) is 4.52 Å². The van der Waals surface area contributed by atoms with Crippen molar-refractivity contribution in [3.8, 4) is 0 Å². The smallest absolute Gasteiger partial charge is 0.350 e. The molecule has 0 saturated heterocycles. The summed E-state index contributed by atoms with van der Waals surface area (Å²) in [6.07, 6.45) is -5.07. The van der Waals surface area contributed by atoms with Crippen molar-refractivity contribution in [1.29, 1.82) is 0 Å². The molecule has 0 bridgehead atoms. The van der Waals surface area contributed by atoms with Gasteiger partial charge in [0.15, 0.2) is 11.6 Å². The third-order valence-corrected chi connectivity index (χ3v) is 3.31. The van der Waals surface area contributed by atoms with E-state index in [2.05, 4.69) is 17.2 Å². The maximum atomic E-state index is 13.9.